The van der Waals surface area contributed by atoms with E-state index in [1.54, 1.807) is 0 Å². The molecular formula is C10H16N4. The van der Waals surface area contributed by atoms with Crippen molar-refractivity contribution in [1.29, 1.82) is 0 Å². The van der Waals surface area contributed by atoms with E-state index in [9.17, 15) is 0 Å². The van der Waals surface area contributed by atoms with E-state index in [1.807, 2.05) is 4.52 Å². The van der Waals surface area contributed by atoms with Crippen LogP contribution in [-0.4, -0.2) is 19.8 Å². The average Bonchev–Trinajstić information content (AvgIpc) is 2.58. The summed E-state index contributed by atoms with van der Waals surface area (Å²) < 4.78 is 1.89. The second-order valence-corrected chi connectivity index (χ2v) is 4.57. The molecule has 2 aromatic heterocycles. The molecule has 2 heterocycles. The van der Waals surface area contributed by atoms with Gasteiger partial charge in [-0.15, -0.1) is 0 Å². The van der Waals surface area contributed by atoms with E-state index in [0.29, 0.717) is 0 Å². The molecular weight excluding hydrogens is 176 g/mol. The van der Waals surface area contributed by atoms with E-state index in [1.165, 1.54) is 0 Å². The normalized spacial score (nSPS) is 12.6. The largest absolute Gasteiger partial charge is 0.259 e. The van der Waals surface area contributed by atoms with Gasteiger partial charge in [-0.3, -0.25) is 5.10 Å². The molecule has 0 saturated heterocycles. The van der Waals surface area contributed by atoms with Gasteiger partial charge in [-0.2, -0.15) is 14.7 Å². The minimum absolute atomic E-state index is 0.0951. The van der Waals surface area contributed by atoms with Gasteiger partial charge in [0.15, 0.2) is 11.5 Å². The van der Waals surface area contributed by atoms with Gasteiger partial charge in [0.05, 0.1) is 5.69 Å². The molecule has 0 aliphatic rings. The minimum Gasteiger partial charge on any atom is -0.259 e. The molecule has 2 aromatic rings. The summed E-state index contributed by atoms with van der Waals surface area (Å²) in [5.41, 5.74) is 2.17. The summed E-state index contributed by atoms with van der Waals surface area (Å²) in [4.78, 5) is 0. The van der Waals surface area contributed by atoms with Crippen molar-refractivity contribution in [1.82, 2.24) is 19.8 Å². The van der Waals surface area contributed by atoms with Crippen molar-refractivity contribution in [3.05, 3.63) is 17.6 Å². The van der Waals surface area contributed by atoms with E-state index in [2.05, 4.69) is 49.1 Å². The summed E-state index contributed by atoms with van der Waals surface area (Å²) in [7, 11) is 0. The summed E-state index contributed by atoms with van der Waals surface area (Å²) in [6.07, 6.45) is 0.894. The van der Waals surface area contributed by atoms with Crippen molar-refractivity contribution in [2.75, 3.05) is 0 Å². The number of hydrogen-bond donors (Lipinski definition) is 1. The Bertz CT molecular complexity index is 444. The van der Waals surface area contributed by atoms with Crippen molar-refractivity contribution in [3.63, 3.8) is 0 Å². The second-order valence-electron chi connectivity index (χ2n) is 4.57. The van der Waals surface area contributed by atoms with E-state index >= 15 is 0 Å². The number of H-pyrrole nitrogens is 1. The Balaban J connectivity index is 2.58. The summed E-state index contributed by atoms with van der Waals surface area (Å²) in [6.45, 7) is 8.56. The van der Waals surface area contributed by atoms with Crippen LogP contribution in [0.2, 0.25) is 0 Å². The van der Waals surface area contributed by atoms with Crippen LogP contribution in [0.4, 0.5) is 0 Å². The van der Waals surface area contributed by atoms with Crippen molar-refractivity contribution < 1.29 is 0 Å². The lowest BCUT2D eigenvalue weighted by atomic mass is 9.93. The first-order valence-corrected chi connectivity index (χ1v) is 4.96. The quantitative estimate of drug-likeness (QED) is 0.750. The molecule has 0 aliphatic heterocycles. The van der Waals surface area contributed by atoms with Crippen molar-refractivity contribution >= 4 is 5.65 Å². The molecule has 0 fully saturated rings. The molecule has 0 aromatic carbocycles. The molecule has 4 nitrogen and oxygen atoms in total. The van der Waals surface area contributed by atoms with E-state index in [4.69, 9.17) is 0 Å². The van der Waals surface area contributed by atoms with Crippen LogP contribution in [0.3, 0.4) is 0 Å². The average molecular weight is 192 g/mol. The summed E-state index contributed by atoms with van der Waals surface area (Å²) >= 11 is 0. The Morgan fingerprint density at radius 2 is 2.14 bits per heavy atom. The molecule has 76 valence electrons. The van der Waals surface area contributed by atoms with E-state index in [0.717, 1.165) is 23.6 Å². The lowest BCUT2D eigenvalue weighted by molar-refractivity contribution is 0.560. The van der Waals surface area contributed by atoms with Gasteiger partial charge in [-0.05, 0) is 0 Å². The molecule has 1 N–H and O–H groups in total. The molecule has 0 radical (unpaired) electrons. The summed E-state index contributed by atoms with van der Waals surface area (Å²) in [6, 6.07) is 2.06. The maximum absolute atomic E-state index is 4.54. The molecule has 4 heteroatoms. The third-order valence-corrected chi connectivity index (χ3v) is 2.34. The van der Waals surface area contributed by atoms with Gasteiger partial charge >= 0.3 is 0 Å². The van der Waals surface area contributed by atoms with Crippen molar-refractivity contribution in [2.45, 2.75) is 39.5 Å². The number of nitrogens with zero attached hydrogens (tertiary/aromatic N) is 3. The molecule has 0 atom stereocenters. The lowest BCUT2D eigenvalue weighted by Gasteiger charge is -2.13. The minimum atomic E-state index is 0.0951. The topological polar surface area (TPSA) is 46.0 Å². The predicted octanol–water partition coefficient (Wildman–Crippen LogP) is 1.92. The van der Waals surface area contributed by atoms with Gasteiger partial charge in [0.1, 0.15) is 0 Å². The highest BCUT2D eigenvalue weighted by atomic mass is 15.4. The van der Waals surface area contributed by atoms with Crippen molar-refractivity contribution in [3.8, 4) is 0 Å². The molecule has 0 saturated carbocycles. The number of rotatable bonds is 1. The zero-order chi connectivity index (χ0) is 10.3. The molecule has 14 heavy (non-hydrogen) atoms. The fourth-order valence-electron chi connectivity index (χ4n) is 1.42. The third-order valence-electron chi connectivity index (χ3n) is 2.34. The number of aryl methyl sites for hydroxylation is 1. The van der Waals surface area contributed by atoms with Crippen LogP contribution in [0, 0.1) is 0 Å². The maximum atomic E-state index is 4.54. The van der Waals surface area contributed by atoms with Crippen LogP contribution in [0.5, 0.6) is 0 Å². The van der Waals surface area contributed by atoms with Crippen molar-refractivity contribution in [2.24, 2.45) is 0 Å². The Kier molecular flexibility index (Phi) is 1.87. The Morgan fingerprint density at radius 1 is 1.43 bits per heavy atom. The van der Waals surface area contributed by atoms with Crippen LogP contribution in [-0.2, 0) is 11.8 Å². The highest BCUT2D eigenvalue weighted by molar-refractivity contribution is 5.40. The zero-order valence-electron chi connectivity index (χ0n) is 9.13. The van der Waals surface area contributed by atoms with Gasteiger partial charge in [0, 0.05) is 17.9 Å². The summed E-state index contributed by atoms with van der Waals surface area (Å²) in [5.74, 6) is 0.982. The Morgan fingerprint density at radius 3 is 2.71 bits per heavy atom. The smallest absolute Gasteiger partial charge is 0.152 e. The fraction of sp³-hybridized carbons (Fsp3) is 0.600. The van der Waals surface area contributed by atoms with Gasteiger partial charge in [-0.25, -0.2) is 0 Å². The highest BCUT2D eigenvalue weighted by Crippen LogP contribution is 2.21. The van der Waals surface area contributed by atoms with Crippen LogP contribution >= 0.6 is 0 Å². The third kappa shape index (κ3) is 1.31. The molecule has 0 amide bonds. The van der Waals surface area contributed by atoms with E-state index < -0.39 is 0 Å². The second kappa shape index (κ2) is 2.83. The molecule has 0 unspecified atom stereocenters. The maximum Gasteiger partial charge on any atom is 0.152 e. The predicted molar refractivity (Wildman–Crippen MR) is 55.4 cm³/mol. The first kappa shape index (κ1) is 9.24. The Labute approximate surface area is 83.3 Å². The van der Waals surface area contributed by atoms with Gasteiger partial charge in [0.2, 0.25) is 0 Å². The van der Waals surface area contributed by atoms with Gasteiger partial charge < -0.3 is 0 Å². The van der Waals surface area contributed by atoms with Crippen LogP contribution in [0.15, 0.2) is 6.07 Å². The number of hydrogen-bond acceptors (Lipinski definition) is 2. The van der Waals surface area contributed by atoms with Crippen LogP contribution in [0.1, 0.15) is 39.2 Å². The van der Waals surface area contributed by atoms with Crippen LogP contribution in [0.25, 0.3) is 5.65 Å². The van der Waals surface area contributed by atoms with Crippen LogP contribution < -0.4 is 0 Å². The molecule has 0 bridgehead atoms. The SMILES string of the molecule is CCc1n[nH]c2cc(C(C)(C)C)nn12. The first-order chi connectivity index (χ1) is 6.52. The van der Waals surface area contributed by atoms with E-state index in [-0.39, 0.29) is 5.41 Å². The summed E-state index contributed by atoms with van der Waals surface area (Å²) in [5, 5.41) is 11.7. The van der Waals surface area contributed by atoms with Gasteiger partial charge in [-0.1, -0.05) is 27.7 Å². The first-order valence-electron chi connectivity index (χ1n) is 4.96. The highest BCUT2D eigenvalue weighted by Gasteiger charge is 2.19. The number of nitrogens with one attached hydrogen (secondary N) is 1. The van der Waals surface area contributed by atoms with Gasteiger partial charge in [0.25, 0.3) is 0 Å². The number of fused-ring (bicyclic) bond motifs is 1. The number of aromatic amines is 1. The Hall–Kier alpha value is -1.32. The molecule has 2 rings (SSSR count). The molecule has 0 spiro atoms. The number of aromatic nitrogens is 4. The zero-order valence-corrected chi connectivity index (χ0v) is 9.13. The molecule has 0 aliphatic carbocycles. The fourth-order valence-corrected chi connectivity index (χ4v) is 1.42. The lowest BCUT2D eigenvalue weighted by Crippen LogP contribution is -2.12. The standard InChI is InChI=1S/C10H16N4/c1-5-8-11-12-9-6-7(10(2,3)4)13-14(8)9/h6,12H,5H2,1-4H3. The monoisotopic (exact) mass is 192 g/mol.